The zero-order chi connectivity index (χ0) is 20.4. The fraction of sp³-hybridized carbons (Fsp3) is 0.409. The molecule has 2 aromatic rings. The monoisotopic (exact) mass is 427 g/mol. The third-order valence-corrected chi connectivity index (χ3v) is 7.27. The molecule has 3 heterocycles. The summed E-state index contributed by atoms with van der Waals surface area (Å²) in [5.74, 6) is 1.05. The molecule has 2 aliphatic heterocycles. The van der Waals surface area contributed by atoms with Crippen LogP contribution in [0.5, 0.6) is 0 Å². The van der Waals surface area contributed by atoms with Crippen LogP contribution in [0.15, 0.2) is 53.3 Å². The van der Waals surface area contributed by atoms with E-state index in [1.165, 1.54) is 11.8 Å². The molecular formula is C22H25N3O2S2. The number of nitrogens with zero attached hydrogens (tertiary/aromatic N) is 2. The average molecular weight is 428 g/mol. The van der Waals surface area contributed by atoms with Crippen molar-refractivity contribution in [2.24, 2.45) is 5.92 Å². The molecule has 0 saturated carbocycles. The lowest BCUT2D eigenvalue weighted by atomic mass is 9.83. The Morgan fingerprint density at radius 1 is 1.17 bits per heavy atom. The molecule has 5 nitrogen and oxygen atoms in total. The van der Waals surface area contributed by atoms with Crippen LogP contribution in [0.4, 0.5) is 0 Å². The SMILES string of the molecule is C[C@H](NC(=O)CSC(=S)N1C[C@H]2C[C@@H](C1)c1cccc(=O)n1C2)c1ccccc1. The molecule has 1 aromatic carbocycles. The van der Waals surface area contributed by atoms with E-state index >= 15 is 0 Å². The highest BCUT2D eigenvalue weighted by atomic mass is 32.2. The third-order valence-electron chi connectivity index (χ3n) is 5.74. The number of benzene rings is 1. The number of thioether (sulfide) groups is 1. The normalized spacial score (nSPS) is 21.2. The van der Waals surface area contributed by atoms with Gasteiger partial charge in [0.05, 0.1) is 11.8 Å². The molecule has 2 bridgehead atoms. The molecule has 1 saturated heterocycles. The third kappa shape index (κ3) is 4.56. The molecule has 7 heteroatoms. The van der Waals surface area contributed by atoms with Crippen LogP contribution in [0.1, 0.15) is 36.6 Å². The van der Waals surface area contributed by atoms with Gasteiger partial charge in [0.2, 0.25) is 5.91 Å². The van der Waals surface area contributed by atoms with Crippen molar-refractivity contribution in [1.29, 1.82) is 0 Å². The van der Waals surface area contributed by atoms with E-state index in [9.17, 15) is 9.59 Å². The summed E-state index contributed by atoms with van der Waals surface area (Å²) in [5, 5.41) is 3.04. The van der Waals surface area contributed by atoms with Crippen LogP contribution < -0.4 is 10.9 Å². The second-order valence-corrected chi connectivity index (χ2v) is 9.47. The summed E-state index contributed by atoms with van der Waals surface area (Å²) in [6, 6.07) is 15.5. The lowest BCUT2D eigenvalue weighted by Crippen LogP contribution is -2.48. The first-order valence-corrected chi connectivity index (χ1v) is 11.4. The fourth-order valence-electron chi connectivity index (χ4n) is 4.37. The quantitative estimate of drug-likeness (QED) is 0.760. The molecule has 0 radical (unpaired) electrons. The maximum atomic E-state index is 12.4. The summed E-state index contributed by atoms with van der Waals surface area (Å²) in [6.45, 7) is 4.41. The summed E-state index contributed by atoms with van der Waals surface area (Å²) in [5.41, 5.74) is 2.29. The standard InChI is InChI=1S/C22H25N3O2S2/c1-15(17-6-3-2-4-7-17)23-20(26)14-29-22(28)24-11-16-10-18(13-24)19-8-5-9-21(27)25(19)12-16/h2-9,15-16,18H,10-14H2,1H3,(H,23,26)/t15-,16+,18-/m0/s1. The fourth-order valence-corrected chi connectivity index (χ4v) is 5.37. The minimum atomic E-state index is -0.0259. The van der Waals surface area contributed by atoms with Crippen LogP contribution in [0, 0.1) is 5.92 Å². The van der Waals surface area contributed by atoms with Crippen molar-refractivity contribution in [3.05, 3.63) is 70.1 Å². The molecule has 0 unspecified atom stereocenters. The van der Waals surface area contributed by atoms with Gasteiger partial charge in [0.25, 0.3) is 5.56 Å². The molecule has 152 valence electrons. The second kappa shape index (κ2) is 8.71. The number of nitrogens with one attached hydrogen (secondary N) is 1. The van der Waals surface area contributed by atoms with E-state index in [2.05, 4.69) is 16.3 Å². The molecule has 0 aliphatic carbocycles. The van der Waals surface area contributed by atoms with Gasteiger partial charge in [-0.25, -0.2) is 0 Å². The molecular weight excluding hydrogens is 402 g/mol. The predicted molar refractivity (Wildman–Crippen MR) is 121 cm³/mol. The summed E-state index contributed by atoms with van der Waals surface area (Å²) in [4.78, 5) is 26.7. The van der Waals surface area contributed by atoms with Gasteiger partial charge in [-0.15, -0.1) is 0 Å². The molecule has 1 aromatic heterocycles. The molecule has 1 amide bonds. The molecule has 2 aliphatic rings. The van der Waals surface area contributed by atoms with Gasteiger partial charge in [-0.2, -0.15) is 0 Å². The van der Waals surface area contributed by atoms with Gasteiger partial charge in [-0.1, -0.05) is 60.4 Å². The van der Waals surface area contributed by atoms with Crippen LogP contribution in [0.3, 0.4) is 0 Å². The van der Waals surface area contributed by atoms with Crippen molar-refractivity contribution >= 4 is 34.2 Å². The number of amides is 1. The number of pyridine rings is 1. The van der Waals surface area contributed by atoms with Gasteiger partial charge < -0.3 is 14.8 Å². The maximum Gasteiger partial charge on any atom is 0.250 e. The highest BCUT2D eigenvalue weighted by molar-refractivity contribution is 8.23. The summed E-state index contributed by atoms with van der Waals surface area (Å²) in [7, 11) is 0. The molecule has 0 spiro atoms. The Kier molecular flexibility index (Phi) is 6.06. The van der Waals surface area contributed by atoms with Crippen molar-refractivity contribution in [2.45, 2.75) is 31.8 Å². The van der Waals surface area contributed by atoms with Gasteiger partial charge in [0.1, 0.15) is 4.32 Å². The number of hydrogen-bond donors (Lipinski definition) is 1. The van der Waals surface area contributed by atoms with E-state index in [0.29, 0.717) is 17.6 Å². The molecule has 1 N–H and O–H groups in total. The average Bonchev–Trinajstić information content (AvgIpc) is 2.73. The minimum Gasteiger partial charge on any atom is -0.356 e. The van der Waals surface area contributed by atoms with Gasteiger partial charge in [0, 0.05) is 37.3 Å². The molecule has 29 heavy (non-hydrogen) atoms. The lowest BCUT2D eigenvalue weighted by Gasteiger charge is -2.43. The Morgan fingerprint density at radius 3 is 2.76 bits per heavy atom. The Hall–Kier alpha value is -2.12. The highest BCUT2D eigenvalue weighted by Gasteiger charge is 2.35. The Labute approximate surface area is 180 Å². The first-order valence-electron chi connectivity index (χ1n) is 9.97. The van der Waals surface area contributed by atoms with E-state index in [0.717, 1.165) is 41.6 Å². The number of hydrogen-bond acceptors (Lipinski definition) is 4. The molecule has 3 atom stereocenters. The zero-order valence-corrected chi connectivity index (χ0v) is 18.0. The number of fused-ring (bicyclic) bond motifs is 4. The molecule has 1 fully saturated rings. The van der Waals surface area contributed by atoms with Gasteiger partial charge >= 0.3 is 0 Å². The van der Waals surface area contributed by atoms with Gasteiger partial charge in [0.15, 0.2) is 0 Å². The second-order valence-electron chi connectivity index (χ2n) is 7.86. The van der Waals surface area contributed by atoms with Crippen LogP contribution >= 0.6 is 24.0 Å². The van der Waals surface area contributed by atoms with E-state index in [-0.39, 0.29) is 17.5 Å². The van der Waals surface area contributed by atoms with Crippen LogP contribution in [-0.4, -0.2) is 38.5 Å². The number of thiocarbonyl (C=S) groups is 1. The van der Waals surface area contributed by atoms with E-state index < -0.39 is 0 Å². The van der Waals surface area contributed by atoms with Crippen molar-refractivity contribution in [2.75, 3.05) is 18.8 Å². The Morgan fingerprint density at radius 2 is 1.97 bits per heavy atom. The number of carbonyl (C=O) groups is 1. The predicted octanol–water partition coefficient (Wildman–Crippen LogP) is 3.16. The van der Waals surface area contributed by atoms with Crippen LogP contribution in [0.25, 0.3) is 0 Å². The minimum absolute atomic E-state index is 0.0113. The van der Waals surface area contributed by atoms with Gasteiger partial charge in [-0.05, 0) is 30.9 Å². The van der Waals surface area contributed by atoms with Crippen molar-refractivity contribution in [3.8, 4) is 0 Å². The molecule has 4 rings (SSSR count). The number of piperidine rings is 1. The van der Waals surface area contributed by atoms with E-state index in [4.69, 9.17) is 12.2 Å². The summed E-state index contributed by atoms with van der Waals surface area (Å²) >= 11 is 7.07. The maximum absolute atomic E-state index is 12.4. The summed E-state index contributed by atoms with van der Waals surface area (Å²) in [6.07, 6.45) is 1.10. The first kappa shape index (κ1) is 20.2. The van der Waals surface area contributed by atoms with Crippen molar-refractivity contribution in [3.63, 3.8) is 0 Å². The summed E-state index contributed by atoms with van der Waals surface area (Å²) < 4.78 is 2.69. The number of carbonyl (C=O) groups excluding carboxylic acids is 1. The topological polar surface area (TPSA) is 54.3 Å². The van der Waals surface area contributed by atoms with Crippen LogP contribution in [-0.2, 0) is 11.3 Å². The van der Waals surface area contributed by atoms with Crippen molar-refractivity contribution in [1.82, 2.24) is 14.8 Å². The van der Waals surface area contributed by atoms with E-state index in [1.807, 2.05) is 47.9 Å². The van der Waals surface area contributed by atoms with Crippen LogP contribution in [0.2, 0.25) is 0 Å². The smallest absolute Gasteiger partial charge is 0.250 e. The zero-order valence-electron chi connectivity index (χ0n) is 16.4. The van der Waals surface area contributed by atoms with E-state index in [1.54, 1.807) is 6.07 Å². The largest absolute Gasteiger partial charge is 0.356 e. The lowest BCUT2D eigenvalue weighted by molar-refractivity contribution is -0.119. The first-order chi connectivity index (χ1) is 14.0. The number of likely N-dealkylation sites (tertiary alicyclic amines) is 1. The van der Waals surface area contributed by atoms with Crippen molar-refractivity contribution < 1.29 is 4.79 Å². The Balaban J connectivity index is 1.32. The highest BCUT2D eigenvalue weighted by Crippen LogP contribution is 2.36. The number of aromatic nitrogens is 1. The van der Waals surface area contributed by atoms with Gasteiger partial charge in [-0.3, -0.25) is 9.59 Å². The number of rotatable bonds is 4. The Bertz CT molecular complexity index is 960.